The second kappa shape index (κ2) is 12.0. The Bertz CT molecular complexity index is 189. The molecule has 0 bridgehead atoms. The Morgan fingerprint density at radius 2 is 1.56 bits per heavy atom. The van der Waals surface area contributed by atoms with Crippen molar-refractivity contribution < 1.29 is 4.79 Å². The highest BCUT2D eigenvalue weighted by Crippen LogP contribution is 1.65. The van der Waals surface area contributed by atoms with Gasteiger partial charge in [0.05, 0.1) is 13.1 Å². The second-order valence-electron chi connectivity index (χ2n) is 3.10. The molecule has 0 aliphatic rings. The molecular formula is C8H20N6O2. The molecule has 0 heterocycles. The summed E-state index contributed by atoms with van der Waals surface area (Å²) in [5, 5.41) is 11.8. The molecular weight excluding hydrogens is 212 g/mol. The normalized spacial score (nSPS) is 10.1. The second-order valence-corrected chi connectivity index (χ2v) is 3.10. The number of amides is 1. The Morgan fingerprint density at radius 3 is 2.12 bits per heavy atom. The third-order valence-electron chi connectivity index (χ3n) is 1.78. The summed E-state index contributed by atoms with van der Waals surface area (Å²) in [6.07, 6.45) is 0. The smallest absolute Gasteiger partial charge is 0.247 e. The Kier molecular flexibility index (Phi) is 11.2. The standard InChI is InChI=1S/C8H20N6O2/c9-14-8(15)7-12-4-3-10-1-2-11-5-6-13-16/h10-12H,1-7,9H2,(H,14,15). The van der Waals surface area contributed by atoms with Crippen LogP contribution in [0.4, 0.5) is 0 Å². The van der Waals surface area contributed by atoms with Crippen LogP contribution in [-0.4, -0.2) is 51.7 Å². The predicted molar refractivity (Wildman–Crippen MR) is 61.6 cm³/mol. The number of hydrogen-bond acceptors (Lipinski definition) is 7. The monoisotopic (exact) mass is 232 g/mol. The van der Waals surface area contributed by atoms with Crippen molar-refractivity contribution in [2.45, 2.75) is 0 Å². The van der Waals surface area contributed by atoms with Gasteiger partial charge in [-0.15, -0.1) is 0 Å². The van der Waals surface area contributed by atoms with E-state index in [1.807, 2.05) is 5.43 Å². The molecule has 0 aromatic rings. The fourth-order valence-corrected chi connectivity index (χ4v) is 0.981. The molecule has 6 N–H and O–H groups in total. The van der Waals surface area contributed by atoms with Crippen molar-refractivity contribution in [3.05, 3.63) is 4.91 Å². The maximum atomic E-state index is 10.7. The molecule has 8 heteroatoms. The first-order valence-corrected chi connectivity index (χ1v) is 5.22. The molecule has 94 valence electrons. The molecule has 0 rings (SSSR count). The van der Waals surface area contributed by atoms with Gasteiger partial charge in [0.2, 0.25) is 5.91 Å². The van der Waals surface area contributed by atoms with E-state index < -0.39 is 0 Å². The van der Waals surface area contributed by atoms with Crippen LogP contribution in [0.3, 0.4) is 0 Å². The molecule has 1 amide bonds. The number of hydrazine groups is 1. The van der Waals surface area contributed by atoms with Crippen LogP contribution in [0.25, 0.3) is 0 Å². The van der Waals surface area contributed by atoms with Crippen molar-refractivity contribution in [2.75, 3.05) is 45.8 Å². The Balaban J connectivity index is 2.98. The lowest BCUT2D eigenvalue weighted by Crippen LogP contribution is -2.40. The van der Waals surface area contributed by atoms with Crippen LogP contribution in [0.5, 0.6) is 0 Å². The SMILES string of the molecule is NNC(=O)CNCCNCCNCCN=O. The number of nitrogens with two attached hydrogens (primary N) is 1. The Labute approximate surface area is 94.7 Å². The zero-order valence-corrected chi connectivity index (χ0v) is 9.29. The van der Waals surface area contributed by atoms with E-state index in [1.54, 1.807) is 0 Å². The maximum Gasteiger partial charge on any atom is 0.247 e. The van der Waals surface area contributed by atoms with Crippen molar-refractivity contribution in [2.24, 2.45) is 11.0 Å². The lowest BCUT2D eigenvalue weighted by Gasteiger charge is -2.06. The van der Waals surface area contributed by atoms with E-state index in [2.05, 4.69) is 21.1 Å². The van der Waals surface area contributed by atoms with Gasteiger partial charge in [0.1, 0.15) is 0 Å². The van der Waals surface area contributed by atoms with Gasteiger partial charge in [0, 0.05) is 32.7 Å². The van der Waals surface area contributed by atoms with Crippen LogP contribution >= 0.6 is 0 Å². The molecule has 0 aromatic heterocycles. The molecule has 8 nitrogen and oxygen atoms in total. The number of nitrogens with one attached hydrogen (secondary N) is 4. The van der Waals surface area contributed by atoms with Crippen molar-refractivity contribution in [1.82, 2.24) is 21.4 Å². The minimum atomic E-state index is -0.233. The largest absolute Gasteiger partial charge is 0.314 e. The molecule has 0 aliphatic carbocycles. The molecule has 0 saturated carbocycles. The quantitative estimate of drug-likeness (QED) is 0.0883. The highest BCUT2D eigenvalue weighted by atomic mass is 16.3. The maximum absolute atomic E-state index is 10.7. The fourth-order valence-electron chi connectivity index (χ4n) is 0.981. The van der Waals surface area contributed by atoms with E-state index in [-0.39, 0.29) is 12.5 Å². The van der Waals surface area contributed by atoms with Crippen molar-refractivity contribution in [3.8, 4) is 0 Å². The zero-order chi connectivity index (χ0) is 12.1. The summed E-state index contributed by atoms with van der Waals surface area (Å²) in [5.41, 5.74) is 2.03. The van der Waals surface area contributed by atoms with Crippen LogP contribution in [0.1, 0.15) is 0 Å². The fraction of sp³-hybridized carbons (Fsp3) is 0.875. The lowest BCUT2D eigenvalue weighted by atomic mass is 10.5. The number of rotatable bonds is 11. The molecule has 0 unspecified atom stereocenters. The summed E-state index contributed by atoms with van der Waals surface area (Å²) in [6.45, 7) is 4.20. The van der Waals surface area contributed by atoms with Gasteiger partial charge in [-0.1, -0.05) is 5.18 Å². The van der Waals surface area contributed by atoms with E-state index >= 15 is 0 Å². The van der Waals surface area contributed by atoms with Gasteiger partial charge in [0.15, 0.2) is 0 Å². The van der Waals surface area contributed by atoms with Crippen LogP contribution < -0.4 is 27.2 Å². The summed E-state index contributed by atoms with van der Waals surface area (Å²) in [6, 6.07) is 0. The Morgan fingerprint density at radius 1 is 1.00 bits per heavy atom. The van der Waals surface area contributed by atoms with Crippen LogP contribution in [0, 0.1) is 4.91 Å². The zero-order valence-electron chi connectivity index (χ0n) is 9.29. The molecule has 0 atom stereocenters. The molecule has 0 aliphatic heterocycles. The van der Waals surface area contributed by atoms with Gasteiger partial charge in [-0.05, 0) is 0 Å². The first-order chi connectivity index (χ1) is 7.81. The highest BCUT2D eigenvalue weighted by molar-refractivity contribution is 5.77. The summed E-state index contributed by atoms with van der Waals surface area (Å²) in [5.74, 6) is 4.67. The number of nitrogens with zero attached hydrogens (tertiary/aromatic N) is 1. The summed E-state index contributed by atoms with van der Waals surface area (Å²) >= 11 is 0. The summed E-state index contributed by atoms with van der Waals surface area (Å²) < 4.78 is 0. The third-order valence-corrected chi connectivity index (χ3v) is 1.78. The van der Waals surface area contributed by atoms with Gasteiger partial charge in [-0.2, -0.15) is 4.91 Å². The van der Waals surface area contributed by atoms with E-state index in [1.165, 1.54) is 0 Å². The first kappa shape index (κ1) is 14.9. The molecule has 0 saturated heterocycles. The van der Waals surface area contributed by atoms with Crippen LogP contribution in [0.15, 0.2) is 5.18 Å². The minimum Gasteiger partial charge on any atom is -0.314 e. The minimum absolute atomic E-state index is 0.224. The average Bonchev–Trinajstić information content (AvgIpc) is 2.31. The van der Waals surface area contributed by atoms with E-state index in [0.29, 0.717) is 19.6 Å². The molecule has 0 aromatic carbocycles. The highest BCUT2D eigenvalue weighted by Gasteiger charge is 1.95. The topological polar surface area (TPSA) is 121 Å². The number of carbonyl (C=O) groups is 1. The summed E-state index contributed by atoms with van der Waals surface area (Å²) in [4.78, 5) is 20.4. The van der Waals surface area contributed by atoms with Gasteiger partial charge >= 0.3 is 0 Å². The molecule has 0 radical (unpaired) electrons. The summed E-state index contributed by atoms with van der Waals surface area (Å²) in [7, 11) is 0. The van der Waals surface area contributed by atoms with Gasteiger partial charge in [0.25, 0.3) is 0 Å². The van der Waals surface area contributed by atoms with Gasteiger partial charge < -0.3 is 16.0 Å². The Hall–Kier alpha value is -1.09. The van der Waals surface area contributed by atoms with Crippen molar-refractivity contribution >= 4 is 5.91 Å². The number of hydrogen-bond donors (Lipinski definition) is 5. The molecule has 16 heavy (non-hydrogen) atoms. The van der Waals surface area contributed by atoms with Crippen molar-refractivity contribution in [1.29, 1.82) is 0 Å². The molecule has 0 spiro atoms. The first-order valence-electron chi connectivity index (χ1n) is 5.22. The van der Waals surface area contributed by atoms with Crippen molar-refractivity contribution in [3.63, 3.8) is 0 Å². The van der Waals surface area contributed by atoms with Crippen LogP contribution in [0.2, 0.25) is 0 Å². The van der Waals surface area contributed by atoms with Gasteiger partial charge in [-0.25, -0.2) is 5.84 Å². The number of nitroso groups, excluding NO2 is 1. The van der Waals surface area contributed by atoms with Gasteiger partial charge in [-0.3, -0.25) is 10.2 Å². The average molecular weight is 232 g/mol. The van der Waals surface area contributed by atoms with Crippen LogP contribution in [-0.2, 0) is 4.79 Å². The molecule has 0 fully saturated rings. The number of carbonyl (C=O) groups excluding carboxylic acids is 1. The predicted octanol–water partition coefficient (Wildman–Crippen LogP) is -2.49. The van der Waals surface area contributed by atoms with E-state index in [9.17, 15) is 9.70 Å². The third kappa shape index (κ3) is 11.0. The lowest BCUT2D eigenvalue weighted by molar-refractivity contribution is -0.120. The van der Waals surface area contributed by atoms with E-state index in [4.69, 9.17) is 5.84 Å². The van der Waals surface area contributed by atoms with E-state index in [0.717, 1.165) is 19.6 Å².